The van der Waals surface area contributed by atoms with Gasteiger partial charge < -0.3 is 5.32 Å². The summed E-state index contributed by atoms with van der Waals surface area (Å²) in [6, 6.07) is 0.625. The molecule has 0 saturated carbocycles. The van der Waals surface area contributed by atoms with Gasteiger partial charge in [-0.2, -0.15) is 11.8 Å². The smallest absolute Gasteiger partial charge is 0.156 e. The fraction of sp³-hybridized carbons (Fsp3) is 0.923. The lowest BCUT2D eigenvalue weighted by atomic mass is 10.1. The minimum atomic E-state index is 0.625. The van der Waals surface area contributed by atoms with Crippen LogP contribution in [0.1, 0.15) is 39.5 Å². The molecular weight excluding hydrogens is 248 g/mol. The third-order valence-corrected chi connectivity index (χ3v) is 4.77. The predicted molar refractivity (Wildman–Crippen MR) is 83.4 cm³/mol. The molecule has 1 saturated heterocycles. The lowest BCUT2D eigenvalue weighted by Crippen LogP contribution is -2.31. The highest BCUT2D eigenvalue weighted by Crippen LogP contribution is 2.19. The molecule has 1 N–H and O–H groups in total. The summed E-state index contributed by atoms with van der Waals surface area (Å²) in [7, 11) is 0. The van der Waals surface area contributed by atoms with Gasteiger partial charge in [0.1, 0.15) is 0 Å². The van der Waals surface area contributed by atoms with E-state index in [2.05, 4.69) is 30.4 Å². The van der Waals surface area contributed by atoms with E-state index >= 15 is 0 Å². The van der Waals surface area contributed by atoms with E-state index in [9.17, 15) is 0 Å². The van der Waals surface area contributed by atoms with Crippen LogP contribution in [0.5, 0.6) is 0 Å². The van der Waals surface area contributed by atoms with Crippen molar-refractivity contribution in [3.05, 3.63) is 0 Å². The first-order chi connectivity index (χ1) is 8.24. The van der Waals surface area contributed by atoms with Gasteiger partial charge in [-0.15, -0.1) is 0 Å². The average Bonchev–Trinajstić information content (AvgIpc) is 2.77. The molecule has 0 bridgehead atoms. The molecule has 0 aromatic carbocycles. The van der Waals surface area contributed by atoms with E-state index in [1.54, 1.807) is 0 Å². The highest BCUT2D eigenvalue weighted by atomic mass is 32.2. The van der Waals surface area contributed by atoms with Crippen LogP contribution in [0.25, 0.3) is 0 Å². The zero-order valence-corrected chi connectivity index (χ0v) is 13.0. The number of thioether (sulfide) groups is 2. The van der Waals surface area contributed by atoms with Crippen molar-refractivity contribution in [2.45, 2.75) is 45.6 Å². The van der Waals surface area contributed by atoms with Crippen molar-refractivity contribution in [2.75, 3.05) is 24.3 Å². The van der Waals surface area contributed by atoms with Crippen LogP contribution in [0.2, 0.25) is 0 Å². The van der Waals surface area contributed by atoms with Gasteiger partial charge in [0.05, 0.1) is 0 Å². The van der Waals surface area contributed by atoms with Gasteiger partial charge in [0, 0.05) is 18.3 Å². The van der Waals surface area contributed by atoms with E-state index in [4.69, 9.17) is 0 Å². The normalized spacial score (nSPS) is 22.4. The number of nitrogens with zero attached hydrogens (tertiary/aromatic N) is 1. The summed E-state index contributed by atoms with van der Waals surface area (Å²) >= 11 is 3.83. The van der Waals surface area contributed by atoms with E-state index < -0.39 is 0 Å². The maximum Gasteiger partial charge on any atom is 0.156 e. The fourth-order valence-electron chi connectivity index (χ4n) is 1.75. The number of hydrogen-bond acceptors (Lipinski definition) is 3. The van der Waals surface area contributed by atoms with Crippen molar-refractivity contribution in [2.24, 2.45) is 10.9 Å². The SMILES string of the molecule is CSCCCCCCN=C1NC(C(C)C)CS1. The lowest BCUT2D eigenvalue weighted by Gasteiger charge is -2.13. The van der Waals surface area contributed by atoms with Gasteiger partial charge in [-0.05, 0) is 30.8 Å². The number of rotatable bonds is 8. The molecule has 0 aromatic heterocycles. The Morgan fingerprint density at radius 3 is 2.76 bits per heavy atom. The molecule has 0 aliphatic carbocycles. The fourth-order valence-corrected chi connectivity index (χ4v) is 3.47. The van der Waals surface area contributed by atoms with Gasteiger partial charge in [-0.1, -0.05) is 38.5 Å². The summed E-state index contributed by atoms with van der Waals surface area (Å²) in [5.41, 5.74) is 0. The van der Waals surface area contributed by atoms with E-state index in [-0.39, 0.29) is 0 Å². The zero-order valence-electron chi connectivity index (χ0n) is 11.4. The first kappa shape index (κ1) is 15.2. The second-order valence-corrected chi connectivity index (χ2v) is 6.89. The van der Waals surface area contributed by atoms with E-state index in [0.29, 0.717) is 12.0 Å². The molecule has 1 rings (SSSR count). The monoisotopic (exact) mass is 274 g/mol. The molecule has 1 unspecified atom stereocenters. The summed E-state index contributed by atoms with van der Waals surface area (Å²) < 4.78 is 0. The Kier molecular flexibility index (Phi) is 8.19. The average molecular weight is 274 g/mol. The molecule has 17 heavy (non-hydrogen) atoms. The van der Waals surface area contributed by atoms with Crippen LogP contribution in [0.4, 0.5) is 0 Å². The first-order valence-corrected chi connectivity index (χ1v) is 9.04. The van der Waals surface area contributed by atoms with Gasteiger partial charge in [0.15, 0.2) is 5.17 Å². The number of hydrogen-bond donors (Lipinski definition) is 1. The van der Waals surface area contributed by atoms with E-state index in [1.807, 2.05) is 23.5 Å². The molecule has 1 fully saturated rings. The Bertz CT molecular complexity index is 229. The summed E-state index contributed by atoms with van der Waals surface area (Å²) in [6.45, 7) is 5.54. The van der Waals surface area contributed by atoms with Crippen LogP contribution in [0.3, 0.4) is 0 Å². The Labute approximate surface area is 115 Å². The molecule has 1 atom stereocenters. The minimum absolute atomic E-state index is 0.625. The van der Waals surface area contributed by atoms with Gasteiger partial charge >= 0.3 is 0 Å². The Morgan fingerprint density at radius 2 is 2.12 bits per heavy atom. The Morgan fingerprint density at radius 1 is 1.35 bits per heavy atom. The van der Waals surface area contributed by atoms with Crippen molar-refractivity contribution in [3.8, 4) is 0 Å². The third kappa shape index (κ3) is 6.61. The van der Waals surface area contributed by atoms with Crippen LogP contribution in [-0.4, -0.2) is 35.5 Å². The van der Waals surface area contributed by atoms with Crippen molar-refractivity contribution in [3.63, 3.8) is 0 Å². The summed E-state index contributed by atoms with van der Waals surface area (Å²) in [6.07, 6.45) is 7.48. The molecule has 4 heteroatoms. The van der Waals surface area contributed by atoms with E-state index in [0.717, 1.165) is 6.54 Å². The molecule has 0 aromatic rings. The molecule has 0 amide bonds. The largest absolute Gasteiger partial charge is 0.361 e. The minimum Gasteiger partial charge on any atom is -0.361 e. The summed E-state index contributed by atoms with van der Waals surface area (Å²) in [4.78, 5) is 4.64. The Balaban J connectivity index is 2.02. The molecule has 1 aliphatic heterocycles. The maximum absolute atomic E-state index is 4.64. The third-order valence-electron chi connectivity index (χ3n) is 3.03. The van der Waals surface area contributed by atoms with Crippen LogP contribution < -0.4 is 5.32 Å². The molecule has 1 heterocycles. The van der Waals surface area contributed by atoms with Gasteiger partial charge in [-0.25, -0.2) is 0 Å². The highest BCUT2D eigenvalue weighted by molar-refractivity contribution is 8.14. The van der Waals surface area contributed by atoms with Crippen molar-refractivity contribution < 1.29 is 0 Å². The topological polar surface area (TPSA) is 24.4 Å². The second kappa shape index (κ2) is 9.15. The van der Waals surface area contributed by atoms with E-state index in [1.165, 1.54) is 42.4 Å². The highest BCUT2D eigenvalue weighted by Gasteiger charge is 2.22. The summed E-state index contributed by atoms with van der Waals surface area (Å²) in [5.74, 6) is 3.20. The second-order valence-electron chi connectivity index (χ2n) is 4.90. The molecule has 2 nitrogen and oxygen atoms in total. The lowest BCUT2D eigenvalue weighted by molar-refractivity contribution is 0.503. The quantitative estimate of drug-likeness (QED) is 0.684. The van der Waals surface area contributed by atoms with Gasteiger partial charge in [0.25, 0.3) is 0 Å². The van der Waals surface area contributed by atoms with Crippen LogP contribution in [0.15, 0.2) is 4.99 Å². The van der Waals surface area contributed by atoms with Crippen molar-refractivity contribution >= 4 is 28.7 Å². The van der Waals surface area contributed by atoms with Gasteiger partial charge in [0.2, 0.25) is 0 Å². The molecular formula is C13H26N2S2. The zero-order chi connectivity index (χ0) is 12.5. The molecule has 1 aliphatic rings. The number of aliphatic imine (C=N–C) groups is 1. The molecule has 0 spiro atoms. The van der Waals surface area contributed by atoms with Crippen molar-refractivity contribution in [1.82, 2.24) is 5.32 Å². The molecule has 100 valence electrons. The number of amidine groups is 1. The molecule has 0 radical (unpaired) electrons. The first-order valence-electron chi connectivity index (χ1n) is 6.66. The van der Waals surface area contributed by atoms with Crippen LogP contribution >= 0.6 is 23.5 Å². The standard InChI is InChI=1S/C13H26N2S2/c1-11(2)12-10-17-13(15-12)14-8-6-4-5-7-9-16-3/h11-12H,4-10H2,1-3H3,(H,14,15). The van der Waals surface area contributed by atoms with Gasteiger partial charge in [-0.3, -0.25) is 4.99 Å². The maximum atomic E-state index is 4.64. The summed E-state index contributed by atoms with van der Waals surface area (Å²) in [5, 5.41) is 4.69. The number of nitrogens with one attached hydrogen (secondary N) is 1. The predicted octanol–water partition coefficient (Wildman–Crippen LogP) is 3.63. The van der Waals surface area contributed by atoms with Crippen molar-refractivity contribution in [1.29, 1.82) is 0 Å². The van der Waals surface area contributed by atoms with Crippen LogP contribution in [0, 0.1) is 5.92 Å². The Hall–Kier alpha value is 0.170. The number of unbranched alkanes of at least 4 members (excludes halogenated alkanes) is 3. The van der Waals surface area contributed by atoms with Crippen LogP contribution in [-0.2, 0) is 0 Å².